The molecule has 126 valence electrons. The van der Waals surface area contributed by atoms with E-state index in [0.29, 0.717) is 28.1 Å². The van der Waals surface area contributed by atoms with E-state index in [-0.39, 0.29) is 6.61 Å². The Bertz CT molecular complexity index is 956. The van der Waals surface area contributed by atoms with Gasteiger partial charge in [0.2, 0.25) is 0 Å². The molecule has 2 aromatic heterocycles. The lowest BCUT2D eigenvalue weighted by atomic mass is 10.1. The molecular weight excluding hydrogens is 357 g/mol. The number of pyridine rings is 1. The SMILES string of the molecule is [C-]#[N+]c1ccc(-c2cc(C)n(Cc3cnc(Cl)c(CO)c3)c2Cl)cc1. The highest BCUT2D eigenvalue weighted by molar-refractivity contribution is 6.32. The summed E-state index contributed by atoms with van der Waals surface area (Å²) >= 11 is 12.5. The van der Waals surface area contributed by atoms with Gasteiger partial charge in [0.15, 0.2) is 5.69 Å². The van der Waals surface area contributed by atoms with E-state index < -0.39 is 0 Å². The maximum Gasteiger partial charge on any atom is 0.187 e. The van der Waals surface area contributed by atoms with E-state index in [1.54, 1.807) is 18.3 Å². The van der Waals surface area contributed by atoms with Gasteiger partial charge in [-0.25, -0.2) is 9.83 Å². The van der Waals surface area contributed by atoms with Gasteiger partial charge in [-0.2, -0.15) is 0 Å². The summed E-state index contributed by atoms with van der Waals surface area (Å²) in [4.78, 5) is 7.51. The Labute approximate surface area is 156 Å². The van der Waals surface area contributed by atoms with Crippen molar-refractivity contribution < 1.29 is 5.11 Å². The average molecular weight is 372 g/mol. The van der Waals surface area contributed by atoms with Crippen molar-refractivity contribution in [1.29, 1.82) is 0 Å². The normalized spacial score (nSPS) is 10.7. The lowest BCUT2D eigenvalue weighted by molar-refractivity contribution is 0.281. The summed E-state index contributed by atoms with van der Waals surface area (Å²) in [7, 11) is 0. The highest BCUT2D eigenvalue weighted by Gasteiger charge is 2.14. The molecular formula is C19H15Cl2N3O. The van der Waals surface area contributed by atoms with Crippen LogP contribution in [-0.4, -0.2) is 14.7 Å². The summed E-state index contributed by atoms with van der Waals surface area (Å²) in [5.41, 5.74) is 4.98. The molecule has 0 spiro atoms. The number of rotatable bonds is 4. The third-order valence-electron chi connectivity index (χ3n) is 4.02. The van der Waals surface area contributed by atoms with Crippen molar-refractivity contribution in [3.63, 3.8) is 0 Å². The van der Waals surface area contributed by atoms with E-state index in [0.717, 1.165) is 22.4 Å². The number of aliphatic hydroxyl groups is 1. The van der Waals surface area contributed by atoms with Crippen LogP contribution in [0.15, 0.2) is 42.6 Å². The minimum atomic E-state index is -0.156. The van der Waals surface area contributed by atoms with Gasteiger partial charge in [0.1, 0.15) is 10.3 Å². The molecule has 3 rings (SSSR count). The van der Waals surface area contributed by atoms with Crippen molar-refractivity contribution >= 4 is 28.9 Å². The molecule has 0 unspecified atom stereocenters. The molecule has 0 bridgehead atoms. The van der Waals surface area contributed by atoms with Gasteiger partial charge < -0.3 is 9.67 Å². The zero-order chi connectivity index (χ0) is 18.0. The zero-order valence-electron chi connectivity index (χ0n) is 13.5. The molecule has 4 nitrogen and oxygen atoms in total. The molecule has 0 amide bonds. The standard InChI is InChI=1S/C19H15Cl2N3O/c1-12-7-17(14-3-5-16(22-2)6-4-14)19(21)24(12)10-13-8-15(11-25)18(20)23-9-13/h3-9,25H,10-11H2,1H3. The minimum Gasteiger partial charge on any atom is -0.392 e. The number of aryl methyl sites for hydroxylation is 1. The van der Waals surface area contributed by atoms with Crippen LogP contribution in [0.5, 0.6) is 0 Å². The number of hydrogen-bond donors (Lipinski definition) is 1. The third-order valence-corrected chi connectivity index (χ3v) is 4.77. The van der Waals surface area contributed by atoms with Gasteiger partial charge in [0.05, 0.1) is 19.7 Å². The van der Waals surface area contributed by atoms with Crippen LogP contribution in [0.4, 0.5) is 5.69 Å². The molecule has 3 aromatic rings. The van der Waals surface area contributed by atoms with E-state index >= 15 is 0 Å². The van der Waals surface area contributed by atoms with Crippen molar-refractivity contribution in [2.45, 2.75) is 20.1 Å². The molecule has 6 heteroatoms. The minimum absolute atomic E-state index is 0.156. The third kappa shape index (κ3) is 3.54. The van der Waals surface area contributed by atoms with Crippen LogP contribution in [0.1, 0.15) is 16.8 Å². The Hall–Kier alpha value is -2.32. The molecule has 0 aliphatic carbocycles. The maximum atomic E-state index is 9.34. The van der Waals surface area contributed by atoms with E-state index in [1.807, 2.05) is 35.8 Å². The van der Waals surface area contributed by atoms with Crippen molar-refractivity contribution in [2.75, 3.05) is 0 Å². The fraction of sp³-hybridized carbons (Fsp3) is 0.158. The monoisotopic (exact) mass is 371 g/mol. The molecule has 0 aliphatic heterocycles. The second-order valence-electron chi connectivity index (χ2n) is 5.69. The predicted molar refractivity (Wildman–Crippen MR) is 100 cm³/mol. The molecule has 0 aliphatic rings. The second-order valence-corrected chi connectivity index (χ2v) is 6.40. The lowest BCUT2D eigenvalue weighted by Gasteiger charge is -2.10. The molecule has 25 heavy (non-hydrogen) atoms. The van der Waals surface area contributed by atoms with Gasteiger partial charge in [-0.3, -0.25) is 0 Å². The van der Waals surface area contributed by atoms with E-state index in [1.165, 1.54) is 0 Å². The number of benzene rings is 1. The number of aromatic nitrogens is 2. The van der Waals surface area contributed by atoms with Crippen LogP contribution >= 0.6 is 23.2 Å². The van der Waals surface area contributed by atoms with Crippen LogP contribution in [0.25, 0.3) is 16.0 Å². The van der Waals surface area contributed by atoms with Crippen LogP contribution in [0.3, 0.4) is 0 Å². The number of hydrogen-bond acceptors (Lipinski definition) is 2. The van der Waals surface area contributed by atoms with Crippen molar-refractivity contribution in [2.24, 2.45) is 0 Å². The molecule has 0 fully saturated rings. The summed E-state index contributed by atoms with van der Waals surface area (Å²) in [6.07, 6.45) is 1.68. The molecule has 1 N–H and O–H groups in total. The summed E-state index contributed by atoms with van der Waals surface area (Å²) in [6, 6.07) is 11.2. The number of nitrogens with zero attached hydrogens (tertiary/aromatic N) is 3. The molecule has 0 saturated heterocycles. The average Bonchev–Trinajstić information content (AvgIpc) is 2.91. The van der Waals surface area contributed by atoms with Gasteiger partial charge in [0.25, 0.3) is 0 Å². The molecule has 0 saturated carbocycles. The first-order chi connectivity index (χ1) is 12.0. The highest BCUT2D eigenvalue weighted by Crippen LogP contribution is 2.33. The van der Waals surface area contributed by atoms with Crippen LogP contribution in [0, 0.1) is 13.5 Å². The smallest absolute Gasteiger partial charge is 0.187 e. The van der Waals surface area contributed by atoms with Crippen LogP contribution in [-0.2, 0) is 13.2 Å². The molecule has 0 radical (unpaired) electrons. The second kappa shape index (κ2) is 7.28. The number of halogens is 2. The first-order valence-electron chi connectivity index (χ1n) is 7.61. The van der Waals surface area contributed by atoms with E-state index in [4.69, 9.17) is 29.8 Å². The Morgan fingerprint density at radius 1 is 1.20 bits per heavy atom. The van der Waals surface area contributed by atoms with Gasteiger partial charge >= 0.3 is 0 Å². The summed E-state index contributed by atoms with van der Waals surface area (Å²) < 4.78 is 1.98. The van der Waals surface area contributed by atoms with E-state index in [2.05, 4.69) is 9.83 Å². The maximum absolute atomic E-state index is 9.34. The Balaban J connectivity index is 1.95. The van der Waals surface area contributed by atoms with E-state index in [9.17, 15) is 5.11 Å². The van der Waals surface area contributed by atoms with Gasteiger partial charge in [0, 0.05) is 23.0 Å². The molecule has 2 heterocycles. The summed E-state index contributed by atoms with van der Waals surface area (Å²) in [6.45, 7) is 9.39. The van der Waals surface area contributed by atoms with Crippen LogP contribution < -0.4 is 0 Å². The molecule has 1 aromatic carbocycles. The van der Waals surface area contributed by atoms with Gasteiger partial charge in [-0.15, -0.1) is 0 Å². The highest BCUT2D eigenvalue weighted by atomic mass is 35.5. The van der Waals surface area contributed by atoms with Crippen molar-refractivity contribution in [3.8, 4) is 11.1 Å². The Kier molecular flexibility index (Phi) is 5.10. The quantitative estimate of drug-likeness (QED) is 0.502. The van der Waals surface area contributed by atoms with Gasteiger partial charge in [-0.05, 0) is 30.2 Å². The fourth-order valence-electron chi connectivity index (χ4n) is 2.68. The van der Waals surface area contributed by atoms with Crippen LogP contribution in [0.2, 0.25) is 10.3 Å². The Morgan fingerprint density at radius 2 is 1.92 bits per heavy atom. The number of aliphatic hydroxyl groups excluding tert-OH is 1. The topological polar surface area (TPSA) is 42.4 Å². The first kappa shape index (κ1) is 17.5. The summed E-state index contributed by atoms with van der Waals surface area (Å²) in [5, 5.41) is 10.3. The Morgan fingerprint density at radius 3 is 2.56 bits per heavy atom. The summed E-state index contributed by atoms with van der Waals surface area (Å²) in [5.74, 6) is 0. The first-order valence-corrected chi connectivity index (χ1v) is 8.36. The predicted octanol–water partition coefficient (Wildman–Crippen LogP) is 5.26. The van der Waals surface area contributed by atoms with Crippen molar-refractivity contribution in [3.05, 3.63) is 81.1 Å². The van der Waals surface area contributed by atoms with Gasteiger partial charge in [-0.1, -0.05) is 47.5 Å². The fourth-order valence-corrected chi connectivity index (χ4v) is 3.20. The molecule has 0 atom stereocenters. The van der Waals surface area contributed by atoms with Crippen molar-refractivity contribution in [1.82, 2.24) is 9.55 Å². The largest absolute Gasteiger partial charge is 0.392 e. The zero-order valence-corrected chi connectivity index (χ0v) is 15.0. The lowest BCUT2D eigenvalue weighted by Crippen LogP contribution is -2.03.